The number of aryl methyl sites for hydroxylation is 1. The molecule has 6 nitrogen and oxygen atoms in total. The number of rotatable bonds is 8. The topological polar surface area (TPSA) is 44.6 Å². The Labute approximate surface area is 189 Å². The molecule has 0 bridgehead atoms. The predicted octanol–water partition coefficient (Wildman–Crippen LogP) is 3.83. The Bertz CT molecular complexity index is 894. The summed E-state index contributed by atoms with van der Waals surface area (Å²) < 4.78 is 15.8. The van der Waals surface area contributed by atoms with Gasteiger partial charge in [-0.3, -0.25) is 4.79 Å². The molecule has 1 aromatic carbocycles. The average molecular weight is 450 g/mol. The molecule has 1 amide bonds. The second-order valence-corrected chi connectivity index (χ2v) is 8.38. The zero-order valence-corrected chi connectivity index (χ0v) is 19.7. The molecule has 3 rings (SSSR count). The molecule has 1 aliphatic heterocycles. The minimum atomic E-state index is -0.299. The molecule has 8 heteroatoms. The molecule has 1 unspecified atom stereocenters. The maximum atomic E-state index is 14.0. The van der Waals surface area contributed by atoms with E-state index in [0.717, 1.165) is 56.2 Å². The molecular formula is C23H33ClFN5O. The maximum absolute atomic E-state index is 14.0. The Morgan fingerprint density at radius 1 is 1.26 bits per heavy atom. The predicted molar refractivity (Wildman–Crippen MR) is 124 cm³/mol. The first kappa shape index (κ1) is 23.5. The van der Waals surface area contributed by atoms with E-state index in [1.165, 1.54) is 12.1 Å². The van der Waals surface area contributed by atoms with E-state index in [-0.39, 0.29) is 23.6 Å². The van der Waals surface area contributed by atoms with Gasteiger partial charge in [0.15, 0.2) is 0 Å². The van der Waals surface area contributed by atoms with E-state index < -0.39 is 0 Å². The molecular weight excluding hydrogens is 417 g/mol. The molecule has 2 heterocycles. The molecule has 0 spiro atoms. The van der Waals surface area contributed by atoms with E-state index in [1.54, 1.807) is 6.07 Å². The number of alkyl halides is 1. The van der Waals surface area contributed by atoms with E-state index in [2.05, 4.69) is 23.6 Å². The van der Waals surface area contributed by atoms with Crippen LogP contribution in [-0.2, 0) is 11.3 Å². The van der Waals surface area contributed by atoms with Crippen molar-refractivity contribution in [2.24, 2.45) is 0 Å². The fourth-order valence-electron chi connectivity index (χ4n) is 4.08. The van der Waals surface area contributed by atoms with Gasteiger partial charge in [-0.1, -0.05) is 19.9 Å². The average Bonchev–Trinajstić information content (AvgIpc) is 3.12. The smallest absolute Gasteiger partial charge is 0.238 e. The minimum Gasteiger partial charge on any atom is -0.354 e. The molecule has 1 atom stereocenters. The molecule has 0 radical (unpaired) electrons. The molecule has 1 saturated heterocycles. The number of aromatic nitrogens is 2. The van der Waals surface area contributed by atoms with Gasteiger partial charge in [-0.15, -0.1) is 11.6 Å². The highest BCUT2D eigenvalue weighted by Gasteiger charge is 2.28. The summed E-state index contributed by atoms with van der Waals surface area (Å²) in [5, 5.41) is 4.78. The number of nitrogens with zero attached hydrogens (tertiary/aromatic N) is 5. The van der Waals surface area contributed by atoms with Crippen LogP contribution in [0.15, 0.2) is 24.3 Å². The van der Waals surface area contributed by atoms with Crippen molar-refractivity contribution < 1.29 is 9.18 Å². The van der Waals surface area contributed by atoms with Gasteiger partial charge < -0.3 is 14.7 Å². The first-order chi connectivity index (χ1) is 14.9. The third-order valence-electron chi connectivity index (χ3n) is 6.22. The summed E-state index contributed by atoms with van der Waals surface area (Å²) >= 11 is 5.92. The zero-order chi connectivity index (χ0) is 22.5. The molecule has 0 N–H and O–H groups in total. The lowest BCUT2D eigenvalue weighted by Gasteiger charge is -2.37. The number of halogens is 2. The van der Waals surface area contributed by atoms with Crippen LogP contribution in [0.3, 0.4) is 0 Å². The van der Waals surface area contributed by atoms with E-state index >= 15 is 0 Å². The number of amides is 1. The number of likely N-dealkylation sites (N-methyl/N-ethyl adjacent to an activating group) is 1. The molecule has 0 saturated carbocycles. The summed E-state index contributed by atoms with van der Waals surface area (Å²) in [6, 6.07) is 6.56. The Morgan fingerprint density at radius 3 is 2.55 bits per heavy atom. The standard InChI is InChI=1S/C23H33ClFN5O/c1-5-17(3)29(22(31)15-24)16-21-18(4)26-30(20-9-7-8-19(25)14-20)23(21)28-12-10-27(6-2)11-13-28/h7-9,14,17H,5-6,10-13,15-16H2,1-4H3. The zero-order valence-electron chi connectivity index (χ0n) is 18.9. The molecule has 0 aliphatic carbocycles. The monoisotopic (exact) mass is 449 g/mol. The lowest BCUT2D eigenvalue weighted by Crippen LogP contribution is -2.47. The van der Waals surface area contributed by atoms with Crippen LogP contribution in [0, 0.1) is 12.7 Å². The van der Waals surface area contributed by atoms with Crippen LogP contribution in [0.25, 0.3) is 5.69 Å². The summed E-state index contributed by atoms with van der Waals surface area (Å²) in [4.78, 5) is 19.2. The lowest BCUT2D eigenvalue weighted by atomic mass is 10.1. The van der Waals surface area contributed by atoms with Gasteiger partial charge in [0.25, 0.3) is 0 Å². The molecule has 2 aromatic rings. The van der Waals surface area contributed by atoms with Crippen LogP contribution in [0.4, 0.5) is 10.2 Å². The molecule has 1 aromatic heterocycles. The van der Waals surface area contributed by atoms with Gasteiger partial charge in [-0.05, 0) is 45.0 Å². The van der Waals surface area contributed by atoms with E-state index in [0.29, 0.717) is 12.2 Å². The van der Waals surface area contributed by atoms with Gasteiger partial charge in [0.1, 0.15) is 17.5 Å². The fraction of sp³-hybridized carbons (Fsp3) is 0.565. The summed E-state index contributed by atoms with van der Waals surface area (Å²) in [6.07, 6.45) is 0.838. The van der Waals surface area contributed by atoms with Crippen molar-refractivity contribution in [3.05, 3.63) is 41.3 Å². The summed E-state index contributed by atoms with van der Waals surface area (Å²) in [5.74, 6) is 0.504. The number of piperazine rings is 1. The van der Waals surface area contributed by atoms with Crippen LogP contribution in [-0.4, -0.2) is 70.1 Å². The molecule has 31 heavy (non-hydrogen) atoms. The number of hydrogen-bond donors (Lipinski definition) is 0. The second-order valence-electron chi connectivity index (χ2n) is 8.11. The second kappa shape index (κ2) is 10.5. The fourth-order valence-corrected chi connectivity index (χ4v) is 4.23. The number of carbonyl (C=O) groups is 1. The van der Waals surface area contributed by atoms with Gasteiger partial charge in [-0.2, -0.15) is 5.10 Å². The van der Waals surface area contributed by atoms with Crippen LogP contribution >= 0.6 is 11.6 Å². The minimum absolute atomic E-state index is 0.0497. The molecule has 1 aliphatic rings. The highest BCUT2D eigenvalue weighted by atomic mass is 35.5. The lowest BCUT2D eigenvalue weighted by molar-refractivity contribution is -0.131. The van der Waals surface area contributed by atoms with Gasteiger partial charge in [-0.25, -0.2) is 9.07 Å². The van der Waals surface area contributed by atoms with Crippen molar-refractivity contribution in [2.45, 2.75) is 46.7 Å². The largest absolute Gasteiger partial charge is 0.354 e. The third-order valence-corrected chi connectivity index (χ3v) is 6.44. The summed E-state index contributed by atoms with van der Waals surface area (Å²) in [7, 11) is 0. The van der Waals surface area contributed by atoms with Crippen molar-refractivity contribution in [2.75, 3.05) is 43.5 Å². The maximum Gasteiger partial charge on any atom is 0.238 e. The number of anilines is 1. The van der Waals surface area contributed by atoms with Crippen LogP contribution in [0.2, 0.25) is 0 Å². The van der Waals surface area contributed by atoms with Gasteiger partial charge >= 0.3 is 0 Å². The van der Waals surface area contributed by atoms with Crippen LogP contribution in [0.1, 0.15) is 38.4 Å². The van der Waals surface area contributed by atoms with Crippen molar-refractivity contribution >= 4 is 23.3 Å². The Kier molecular flexibility index (Phi) is 7.94. The third kappa shape index (κ3) is 5.21. The van der Waals surface area contributed by atoms with E-state index in [9.17, 15) is 9.18 Å². The Hall–Kier alpha value is -2.12. The quantitative estimate of drug-likeness (QED) is 0.574. The van der Waals surface area contributed by atoms with Gasteiger partial charge in [0.05, 0.1) is 17.9 Å². The number of hydrogen-bond acceptors (Lipinski definition) is 4. The van der Waals surface area contributed by atoms with Gasteiger partial charge in [0, 0.05) is 37.8 Å². The van der Waals surface area contributed by atoms with Crippen molar-refractivity contribution in [1.82, 2.24) is 19.6 Å². The SMILES string of the molecule is CCC(C)N(Cc1c(C)nn(-c2cccc(F)c2)c1N1CCN(CC)CC1)C(=O)CCl. The van der Waals surface area contributed by atoms with Crippen molar-refractivity contribution in [3.63, 3.8) is 0 Å². The summed E-state index contributed by atoms with van der Waals surface area (Å²) in [6.45, 7) is 13.3. The first-order valence-electron chi connectivity index (χ1n) is 11.1. The van der Waals surface area contributed by atoms with Crippen LogP contribution in [0.5, 0.6) is 0 Å². The molecule has 1 fully saturated rings. The Morgan fingerprint density at radius 2 is 1.97 bits per heavy atom. The highest BCUT2D eigenvalue weighted by molar-refractivity contribution is 6.27. The number of benzene rings is 1. The van der Waals surface area contributed by atoms with E-state index in [4.69, 9.17) is 16.7 Å². The van der Waals surface area contributed by atoms with Crippen molar-refractivity contribution in [1.29, 1.82) is 0 Å². The normalized spacial score (nSPS) is 15.9. The molecule has 170 valence electrons. The first-order valence-corrected chi connectivity index (χ1v) is 11.6. The summed E-state index contributed by atoms with van der Waals surface area (Å²) in [5.41, 5.74) is 2.52. The Balaban J connectivity index is 2.06. The van der Waals surface area contributed by atoms with Gasteiger partial charge in [0.2, 0.25) is 5.91 Å². The van der Waals surface area contributed by atoms with Crippen LogP contribution < -0.4 is 4.90 Å². The highest BCUT2D eigenvalue weighted by Crippen LogP contribution is 2.30. The number of carbonyl (C=O) groups excluding carboxylic acids is 1. The van der Waals surface area contributed by atoms with E-state index in [1.807, 2.05) is 29.5 Å². The van der Waals surface area contributed by atoms with Crippen molar-refractivity contribution in [3.8, 4) is 5.69 Å².